The molecule has 23 heavy (non-hydrogen) atoms. The Balaban J connectivity index is 2.01. The molecule has 4 aromatic rings. The Labute approximate surface area is 142 Å². The molecule has 4 rings (SSSR count). The molecule has 0 saturated heterocycles. The predicted octanol–water partition coefficient (Wildman–Crippen LogP) is 5.90. The average molecular weight is 361 g/mol. The highest BCUT2D eigenvalue weighted by atomic mass is 79.9. The zero-order valence-corrected chi connectivity index (χ0v) is 13.9. The number of fused-ring (bicyclic) bond motifs is 3. The molecule has 0 amide bonds. The topological polar surface area (TPSA) is 25.2 Å². The van der Waals surface area contributed by atoms with Gasteiger partial charge in [-0.15, -0.1) is 0 Å². The summed E-state index contributed by atoms with van der Waals surface area (Å²) in [6.07, 6.45) is 5.42. The fraction of sp³-hybridized carbons (Fsp3) is 0. The van der Waals surface area contributed by atoms with Gasteiger partial charge in [0.2, 0.25) is 0 Å². The van der Waals surface area contributed by atoms with Gasteiger partial charge in [0.05, 0.1) is 10.2 Å². The average Bonchev–Trinajstić information content (AvgIpc) is 2.63. The Morgan fingerprint density at radius 2 is 1.43 bits per heavy atom. The van der Waals surface area contributed by atoms with Crippen molar-refractivity contribution in [2.75, 3.05) is 0 Å². The molecule has 3 aromatic carbocycles. The number of benzene rings is 3. The van der Waals surface area contributed by atoms with Crippen molar-refractivity contribution in [3.05, 3.63) is 83.1 Å². The summed E-state index contributed by atoms with van der Waals surface area (Å²) in [6, 6.07) is 20.7. The largest absolute Gasteiger partial charge is 0.264 e. The Bertz CT molecular complexity index is 1020. The number of hydrogen-bond donors (Lipinski definition) is 0. The van der Waals surface area contributed by atoms with Crippen molar-refractivity contribution in [3.8, 4) is 0 Å². The molecule has 0 fully saturated rings. The van der Waals surface area contributed by atoms with Gasteiger partial charge in [-0.05, 0) is 38.2 Å². The van der Waals surface area contributed by atoms with Crippen LogP contribution in [0.1, 0.15) is 5.56 Å². The lowest BCUT2D eigenvalue weighted by Crippen LogP contribution is -1.84. The van der Waals surface area contributed by atoms with Crippen molar-refractivity contribution in [2.45, 2.75) is 0 Å². The van der Waals surface area contributed by atoms with E-state index in [-0.39, 0.29) is 0 Å². The summed E-state index contributed by atoms with van der Waals surface area (Å²) in [7, 11) is 0. The molecule has 2 nitrogen and oxygen atoms in total. The van der Waals surface area contributed by atoms with Crippen LogP contribution in [0.2, 0.25) is 0 Å². The molecule has 110 valence electrons. The SMILES string of the molecule is Brc1c(N=Cc2cccnc2)c2ccccc2c2ccccc12. The highest BCUT2D eigenvalue weighted by Crippen LogP contribution is 2.41. The van der Waals surface area contributed by atoms with E-state index in [0.717, 1.165) is 21.1 Å². The summed E-state index contributed by atoms with van der Waals surface area (Å²) in [5.74, 6) is 0. The fourth-order valence-corrected chi connectivity index (χ4v) is 3.46. The maximum atomic E-state index is 4.74. The van der Waals surface area contributed by atoms with Gasteiger partial charge in [0.25, 0.3) is 0 Å². The first kappa shape index (κ1) is 14.1. The number of aromatic nitrogens is 1. The van der Waals surface area contributed by atoms with Gasteiger partial charge in [0.1, 0.15) is 0 Å². The van der Waals surface area contributed by atoms with Crippen molar-refractivity contribution in [3.63, 3.8) is 0 Å². The minimum Gasteiger partial charge on any atom is -0.264 e. The van der Waals surface area contributed by atoms with Crippen LogP contribution in [0, 0.1) is 0 Å². The maximum absolute atomic E-state index is 4.74. The van der Waals surface area contributed by atoms with Crippen LogP contribution in [0.15, 0.2) is 82.5 Å². The Kier molecular flexibility index (Phi) is 3.64. The smallest absolute Gasteiger partial charge is 0.0856 e. The zero-order valence-electron chi connectivity index (χ0n) is 12.3. The highest BCUT2D eigenvalue weighted by Gasteiger charge is 2.11. The number of aliphatic imine (C=N–C) groups is 1. The van der Waals surface area contributed by atoms with E-state index in [2.05, 4.69) is 63.4 Å². The van der Waals surface area contributed by atoms with Crippen molar-refractivity contribution in [2.24, 2.45) is 4.99 Å². The quantitative estimate of drug-likeness (QED) is 0.322. The predicted molar refractivity (Wildman–Crippen MR) is 101 cm³/mol. The summed E-state index contributed by atoms with van der Waals surface area (Å²) in [4.78, 5) is 8.87. The number of rotatable bonds is 2. The van der Waals surface area contributed by atoms with Crippen LogP contribution in [0.3, 0.4) is 0 Å². The van der Waals surface area contributed by atoms with Gasteiger partial charge in [0.15, 0.2) is 0 Å². The standard InChI is InChI=1S/C20H13BrN2/c21-19-17-9-3-1-7-15(17)16-8-2-4-10-18(16)20(19)23-13-14-6-5-11-22-12-14/h1-13H. The van der Waals surface area contributed by atoms with Crippen molar-refractivity contribution in [1.29, 1.82) is 0 Å². The van der Waals surface area contributed by atoms with Gasteiger partial charge in [0, 0.05) is 29.6 Å². The van der Waals surface area contributed by atoms with Crippen LogP contribution >= 0.6 is 15.9 Å². The molecule has 0 N–H and O–H groups in total. The fourth-order valence-electron chi connectivity index (χ4n) is 2.80. The molecule has 0 aliphatic rings. The molecule has 0 atom stereocenters. The molecule has 0 bridgehead atoms. The molecular formula is C20H13BrN2. The first-order valence-corrected chi connectivity index (χ1v) is 8.17. The number of nitrogens with zero attached hydrogens (tertiary/aromatic N) is 2. The molecule has 0 aliphatic carbocycles. The summed E-state index contributed by atoms with van der Waals surface area (Å²) in [6.45, 7) is 0. The summed E-state index contributed by atoms with van der Waals surface area (Å²) < 4.78 is 1.02. The van der Waals surface area contributed by atoms with Crippen LogP contribution in [0.4, 0.5) is 5.69 Å². The molecule has 1 aromatic heterocycles. The molecule has 0 radical (unpaired) electrons. The Hall–Kier alpha value is -2.52. The zero-order chi connectivity index (χ0) is 15.6. The molecule has 0 saturated carbocycles. The first-order chi connectivity index (χ1) is 11.3. The van der Waals surface area contributed by atoms with E-state index in [1.165, 1.54) is 16.2 Å². The minimum atomic E-state index is 0.947. The summed E-state index contributed by atoms with van der Waals surface area (Å²) in [5, 5.41) is 4.75. The second kappa shape index (κ2) is 5.94. The third kappa shape index (κ3) is 2.53. The van der Waals surface area contributed by atoms with Crippen LogP contribution in [-0.4, -0.2) is 11.2 Å². The van der Waals surface area contributed by atoms with Gasteiger partial charge in [-0.2, -0.15) is 0 Å². The number of hydrogen-bond acceptors (Lipinski definition) is 2. The highest BCUT2D eigenvalue weighted by molar-refractivity contribution is 9.10. The second-order valence-corrected chi connectivity index (χ2v) is 6.09. The summed E-state index contributed by atoms with van der Waals surface area (Å²) >= 11 is 3.75. The third-order valence-electron chi connectivity index (χ3n) is 3.87. The molecular weight excluding hydrogens is 348 g/mol. The van der Waals surface area contributed by atoms with Crippen LogP contribution in [0.25, 0.3) is 21.5 Å². The van der Waals surface area contributed by atoms with Crippen molar-refractivity contribution in [1.82, 2.24) is 4.98 Å². The van der Waals surface area contributed by atoms with E-state index >= 15 is 0 Å². The number of halogens is 1. The summed E-state index contributed by atoms with van der Waals surface area (Å²) in [5.41, 5.74) is 1.93. The van der Waals surface area contributed by atoms with E-state index in [0.29, 0.717) is 0 Å². The third-order valence-corrected chi connectivity index (χ3v) is 4.67. The monoisotopic (exact) mass is 360 g/mol. The van der Waals surface area contributed by atoms with E-state index < -0.39 is 0 Å². The van der Waals surface area contributed by atoms with Crippen LogP contribution in [0.5, 0.6) is 0 Å². The van der Waals surface area contributed by atoms with E-state index in [1.54, 1.807) is 12.4 Å². The van der Waals surface area contributed by atoms with Gasteiger partial charge in [-0.1, -0.05) is 54.6 Å². The maximum Gasteiger partial charge on any atom is 0.0856 e. The van der Waals surface area contributed by atoms with Crippen molar-refractivity contribution >= 4 is 49.4 Å². The van der Waals surface area contributed by atoms with E-state index in [9.17, 15) is 0 Å². The lowest BCUT2D eigenvalue weighted by molar-refractivity contribution is 1.32. The van der Waals surface area contributed by atoms with E-state index in [1.807, 2.05) is 24.4 Å². The first-order valence-electron chi connectivity index (χ1n) is 7.37. The van der Waals surface area contributed by atoms with Crippen LogP contribution < -0.4 is 0 Å². The molecule has 3 heteroatoms. The molecule has 0 aliphatic heterocycles. The minimum absolute atomic E-state index is 0.947. The van der Waals surface area contributed by atoms with Crippen LogP contribution in [-0.2, 0) is 0 Å². The van der Waals surface area contributed by atoms with Gasteiger partial charge < -0.3 is 0 Å². The lowest BCUT2D eigenvalue weighted by Gasteiger charge is -2.10. The van der Waals surface area contributed by atoms with Gasteiger partial charge >= 0.3 is 0 Å². The molecule has 1 heterocycles. The molecule has 0 spiro atoms. The lowest BCUT2D eigenvalue weighted by atomic mass is 10.0. The van der Waals surface area contributed by atoms with Crippen molar-refractivity contribution < 1.29 is 0 Å². The normalized spacial score (nSPS) is 11.5. The van der Waals surface area contributed by atoms with Gasteiger partial charge in [-0.3, -0.25) is 9.98 Å². The van der Waals surface area contributed by atoms with Gasteiger partial charge in [-0.25, -0.2) is 0 Å². The Morgan fingerprint density at radius 3 is 2.13 bits per heavy atom. The molecule has 0 unspecified atom stereocenters. The van der Waals surface area contributed by atoms with E-state index in [4.69, 9.17) is 4.99 Å². The number of pyridine rings is 1. The second-order valence-electron chi connectivity index (χ2n) is 5.30. The Morgan fingerprint density at radius 1 is 0.783 bits per heavy atom.